The summed E-state index contributed by atoms with van der Waals surface area (Å²) in [5, 5.41) is 9.59. The van der Waals surface area contributed by atoms with Gasteiger partial charge < -0.3 is 9.97 Å². The van der Waals surface area contributed by atoms with Gasteiger partial charge in [0, 0.05) is 79.0 Å². The third kappa shape index (κ3) is 5.21. The van der Waals surface area contributed by atoms with E-state index in [0.717, 1.165) is 4.47 Å². The number of thiol groups is 1. The van der Waals surface area contributed by atoms with Crippen LogP contribution >= 0.6 is 51.4 Å². The predicted molar refractivity (Wildman–Crippen MR) is 190 cm³/mol. The second-order valence-electron chi connectivity index (χ2n) is 10.7. The summed E-state index contributed by atoms with van der Waals surface area (Å²) < 4.78 is 9.31. The first kappa shape index (κ1) is 27.5. The number of aromatic nitrogens is 2. The first-order valence-corrected chi connectivity index (χ1v) is 19.1. The van der Waals surface area contributed by atoms with E-state index in [1.807, 2.05) is 35.1 Å². The molecule has 8 rings (SSSR count). The van der Waals surface area contributed by atoms with Crippen LogP contribution in [0.2, 0.25) is 19.6 Å². The number of nitrogens with zero attached hydrogens (tertiary/aromatic N) is 1. The number of aromatic amines is 2. The van der Waals surface area contributed by atoms with Gasteiger partial charge in [0.05, 0.1) is 8.07 Å². The van der Waals surface area contributed by atoms with Crippen LogP contribution in [0, 0.1) is 0 Å². The fraction of sp³-hybridized carbons (Fsp3) is 0.0968. The average Bonchev–Trinajstić information content (AvgIpc) is 3.70. The van der Waals surface area contributed by atoms with Gasteiger partial charge in [0.15, 0.2) is 0 Å². The SMILES string of the molecule is Brc1ccc2sc3cc4cc[nH]c4cc3c2c1.C[Si](C)(C)c1ccc2sc3cc4cc[nH]c4cc3c2c1.[B]=NS. The molecule has 4 heterocycles. The molecule has 0 aliphatic rings. The molecule has 1 radical (unpaired) electrons. The van der Waals surface area contributed by atoms with Crippen molar-refractivity contribution >= 4 is 134 Å². The first-order valence-electron chi connectivity index (χ1n) is 12.8. The molecule has 9 heteroatoms. The van der Waals surface area contributed by atoms with Crippen molar-refractivity contribution in [1.29, 1.82) is 0 Å². The third-order valence-electron chi connectivity index (χ3n) is 7.11. The Morgan fingerprint density at radius 2 is 1.15 bits per heavy atom. The van der Waals surface area contributed by atoms with E-state index in [9.17, 15) is 0 Å². The summed E-state index contributed by atoms with van der Waals surface area (Å²) >= 11 is 10.5. The summed E-state index contributed by atoms with van der Waals surface area (Å²) in [6, 6.07) is 26.9. The molecule has 2 N–H and O–H groups in total. The standard InChI is InChI=1S/C17H17NSSi.C14H8BrNS.BHNS/c1-20(2,3)12-4-5-16-13(9-12)14-10-15-11(6-7-18-15)8-17(14)19-16;15-9-1-2-13-10(6-9)11-7-12-8(3-4-16-12)5-14(11)17-13;1-2-3/h4-10,18H,1-3H3;1-7,16H;3H. The van der Waals surface area contributed by atoms with Crippen molar-refractivity contribution in [3.63, 3.8) is 0 Å². The molecule has 3 nitrogen and oxygen atoms in total. The maximum atomic E-state index is 4.34. The molecule has 0 unspecified atom stereocenters. The molecule has 197 valence electrons. The van der Waals surface area contributed by atoms with E-state index in [4.69, 9.17) is 0 Å². The molecule has 4 aromatic carbocycles. The number of H-pyrrole nitrogens is 2. The van der Waals surface area contributed by atoms with Crippen LogP contribution in [0.15, 0.2) is 94.0 Å². The Kier molecular flexibility index (Phi) is 7.52. The quantitative estimate of drug-likeness (QED) is 0.116. The molecule has 0 amide bonds. The van der Waals surface area contributed by atoms with Gasteiger partial charge in [-0.1, -0.05) is 52.9 Å². The van der Waals surface area contributed by atoms with E-state index in [-0.39, 0.29) is 0 Å². The van der Waals surface area contributed by atoms with Crippen LogP contribution in [-0.2, 0) is 0 Å². The Balaban J connectivity index is 0.000000133. The molecular formula is C31H26BBrN3S3Si. The van der Waals surface area contributed by atoms with E-state index in [2.05, 4.69) is 143 Å². The molecule has 8 aromatic rings. The molecule has 40 heavy (non-hydrogen) atoms. The van der Waals surface area contributed by atoms with Gasteiger partial charge in [-0.3, -0.25) is 0 Å². The second-order valence-corrected chi connectivity index (χ2v) is 19.1. The average molecular weight is 656 g/mol. The molecule has 0 fully saturated rings. The fourth-order valence-corrected chi connectivity index (χ4v) is 8.84. The molecule has 0 bridgehead atoms. The van der Waals surface area contributed by atoms with Crippen LogP contribution in [0.4, 0.5) is 0 Å². The molecule has 0 saturated heterocycles. The molecular weight excluding hydrogens is 629 g/mol. The summed E-state index contributed by atoms with van der Waals surface area (Å²) in [4.78, 5) is 6.60. The van der Waals surface area contributed by atoms with Crippen molar-refractivity contribution in [2.45, 2.75) is 19.6 Å². The van der Waals surface area contributed by atoms with E-state index < -0.39 is 8.07 Å². The number of halogens is 1. The second kappa shape index (κ2) is 10.9. The van der Waals surface area contributed by atoms with Gasteiger partial charge in [0.25, 0.3) is 0 Å². The van der Waals surface area contributed by atoms with E-state index in [0.29, 0.717) is 0 Å². The van der Waals surface area contributed by atoms with Crippen molar-refractivity contribution in [2.24, 2.45) is 4.30 Å². The zero-order valence-electron chi connectivity index (χ0n) is 22.2. The third-order valence-corrected chi connectivity index (χ3v) is 11.9. The van der Waals surface area contributed by atoms with Crippen molar-refractivity contribution in [2.75, 3.05) is 0 Å². The van der Waals surface area contributed by atoms with Gasteiger partial charge in [-0.15, -0.1) is 22.7 Å². The summed E-state index contributed by atoms with van der Waals surface area (Å²) in [5.74, 6) is 0. The Morgan fingerprint density at radius 1 is 0.675 bits per heavy atom. The van der Waals surface area contributed by atoms with Gasteiger partial charge in [0.1, 0.15) is 0 Å². The van der Waals surface area contributed by atoms with Gasteiger partial charge in [-0.2, -0.15) is 0 Å². The Morgan fingerprint density at radius 3 is 1.68 bits per heavy atom. The van der Waals surface area contributed by atoms with E-state index >= 15 is 0 Å². The zero-order valence-corrected chi connectivity index (χ0v) is 27.4. The number of nitrogens with one attached hydrogen (secondary N) is 2. The first-order chi connectivity index (χ1) is 19.2. The van der Waals surface area contributed by atoms with Gasteiger partial charge in [-0.25, -0.2) is 0 Å². The van der Waals surface area contributed by atoms with Gasteiger partial charge >= 0.3 is 24.8 Å². The maximum absolute atomic E-state index is 4.34. The van der Waals surface area contributed by atoms with Crippen LogP contribution < -0.4 is 5.19 Å². The number of thiophene rings is 2. The van der Waals surface area contributed by atoms with E-state index in [1.165, 1.54) is 67.3 Å². The van der Waals surface area contributed by atoms with Crippen molar-refractivity contribution in [3.05, 3.63) is 89.7 Å². The molecule has 4 aromatic heterocycles. The van der Waals surface area contributed by atoms with Crippen LogP contribution in [0.1, 0.15) is 0 Å². The van der Waals surface area contributed by atoms with Gasteiger partial charge in [0.2, 0.25) is 0 Å². The number of fused-ring (bicyclic) bond motifs is 8. The van der Waals surface area contributed by atoms with Crippen LogP contribution in [-0.4, -0.2) is 25.7 Å². The van der Waals surface area contributed by atoms with Crippen LogP contribution in [0.5, 0.6) is 0 Å². The van der Waals surface area contributed by atoms with Crippen molar-refractivity contribution < 1.29 is 0 Å². The zero-order chi connectivity index (χ0) is 28.0. The summed E-state index contributed by atoms with van der Waals surface area (Å²) in [6.45, 7) is 7.23. The summed E-state index contributed by atoms with van der Waals surface area (Å²) in [5.41, 5.74) is 2.44. The summed E-state index contributed by atoms with van der Waals surface area (Å²) in [6.07, 6.45) is 4.01. The fourth-order valence-electron chi connectivity index (χ4n) is 5.08. The van der Waals surface area contributed by atoms with Gasteiger partial charge in [-0.05, 0) is 60.7 Å². The Bertz CT molecular complexity index is 2170. The molecule has 0 aliphatic carbocycles. The normalized spacial score (nSPS) is 11.7. The minimum atomic E-state index is -1.26. The monoisotopic (exact) mass is 654 g/mol. The van der Waals surface area contributed by atoms with Crippen molar-refractivity contribution in [1.82, 2.24) is 9.97 Å². The van der Waals surface area contributed by atoms with Crippen LogP contribution in [0.3, 0.4) is 0 Å². The number of benzene rings is 4. The Labute approximate surface area is 256 Å². The molecule has 0 saturated carbocycles. The Hall–Kier alpha value is -2.69. The molecule has 0 aliphatic heterocycles. The molecule has 0 spiro atoms. The summed E-state index contributed by atoms with van der Waals surface area (Å²) in [7, 11) is 3.08. The topological polar surface area (TPSA) is 43.9 Å². The van der Waals surface area contributed by atoms with Crippen LogP contribution in [0.25, 0.3) is 62.2 Å². The molecule has 0 atom stereocenters. The van der Waals surface area contributed by atoms with Crippen molar-refractivity contribution in [3.8, 4) is 0 Å². The van der Waals surface area contributed by atoms with E-state index in [1.54, 1.807) is 0 Å². The number of rotatable bonds is 1. The predicted octanol–water partition coefficient (Wildman–Crippen LogP) is 10.6. The number of hydrogen-bond donors (Lipinski definition) is 3. The minimum absolute atomic E-state index is 1.14. The number of hydrogen-bond acceptors (Lipinski definition) is 4.